The van der Waals surface area contributed by atoms with E-state index in [-0.39, 0.29) is 31.3 Å². The molecule has 5 heterocycles. The summed E-state index contributed by atoms with van der Waals surface area (Å²) in [5.41, 5.74) is 3.20. The number of hydrogen-bond donors (Lipinski definition) is 1. The van der Waals surface area contributed by atoms with Crippen molar-refractivity contribution >= 4 is 80.3 Å². The molecule has 10 rings (SSSR count). The molecule has 2 aliphatic carbocycles. The molecule has 6 aromatic rings. The number of hydrogen-bond acceptors (Lipinski definition) is 10. The third-order valence-corrected chi connectivity index (χ3v) is 15.2. The van der Waals surface area contributed by atoms with E-state index in [0.717, 1.165) is 37.2 Å². The fourth-order valence-electron chi connectivity index (χ4n) is 10.5. The lowest BCUT2D eigenvalue weighted by molar-refractivity contribution is -0.131. The minimum Gasteiger partial charge on any atom is -0.497 e. The minimum atomic E-state index is -1.32. The largest absolute Gasteiger partial charge is 0.497 e. The second-order valence-corrected chi connectivity index (χ2v) is 18.4. The van der Waals surface area contributed by atoms with E-state index >= 15 is 4.79 Å². The van der Waals surface area contributed by atoms with Gasteiger partial charge in [-0.3, -0.25) is 28.8 Å². The van der Waals surface area contributed by atoms with Crippen LogP contribution in [0.2, 0.25) is 5.02 Å². The Bertz CT molecular complexity index is 2960. The predicted octanol–water partition coefficient (Wildman–Crippen LogP) is 8.97. The number of aryl methyl sites for hydroxylation is 2. The van der Waals surface area contributed by atoms with Crippen LogP contribution in [0.4, 0.5) is 11.5 Å². The van der Waals surface area contributed by atoms with Crippen LogP contribution in [0, 0.1) is 36.0 Å². The van der Waals surface area contributed by atoms with Crippen molar-refractivity contribution in [2.75, 3.05) is 24.0 Å². The molecule has 12 nitrogen and oxygen atoms in total. The second kappa shape index (κ2) is 15.2. The SMILES string of the molecule is COc1ccc(OC)c(C=Cc2ccc(N3C(=O)[C@H]4[C@H](CC=C5[C@H]4C[C@H]4C(=O)N(c6cc(-c7sc8ccc(Cl)cc8c7C)nn6C)C(=O)[C@@]4(C)[C@H]5c4ccc(CO)o4)C3=O)cc2)c1. The Morgan fingerprint density at radius 3 is 2.44 bits per heavy atom. The molecule has 0 spiro atoms. The number of thiophene rings is 1. The first-order valence-corrected chi connectivity index (χ1v) is 21.9. The summed E-state index contributed by atoms with van der Waals surface area (Å²) in [5, 5.41) is 16.5. The van der Waals surface area contributed by atoms with E-state index in [0.29, 0.717) is 45.2 Å². The Hall–Kier alpha value is -6.28. The van der Waals surface area contributed by atoms with Gasteiger partial charge in [0, 0.05) is 28.4 Å². The van der Waals surface area contributed by atoms with Gasteiger partial charge in [-0.2, -0.15) is 5.10 Å². The van der Waals surface area contributed by atoms with Gasteiger partial charge in [0.15, 0.2) is 0 Å². The van der Waals surface area contributed by atoms with E-state index in [4.69, 9.17) is 30.6 Å². The predicted molar refractivity (Wildman–Crippen MR) is 240 cm³/mol. The van der Waals surface area contributed by atoms with Gasteiger partial charge in [-0.05, 0) is 110 Å². The number of aliphatic hydroxyl groups excluding tert-OH is 1. The van der Waals surface area contributed by atoms with E-state index in [1.165, 1.54) is 9.80 Å². The van der Waals surface area contributed by atoms with Gasteiger partial charge in [0.25, 0.3) is 0 Å². The van der Waals surface area contributed by atoms with Crippen LogP contribution < -0.4 is 19.3 Å². The number of fused-ring (bicyclic) bond motifs is 5. The molecule has 2 saturated heterocycles. The zero-order valence-corrected chi connectivity index (χ0v) is 36.7. The average molecular weight is 883 g/mol. The maximum Gasteiger partial charge on any atom is 0.242 e. The number of carbonyl (C=O) groups is 4. The van der Waals surface area contributed by atoms with Crippen LogP contribution in [-0.4, -0.2) is 52.7 Å². The molecule has 0 bridgehead atoms. The highest BCUT2D eigenvalue weighted by Gasteiger charge is 2.68. The number of carbonyl (C=O) groups excluding carboxylic acids is 4. The second-order valence-electron chi connectivity index (χ2n) is 16.9. The van der Waals surface area contributed by atoms with Crippen LogP contribution in [0.15, 0.2) is 94.9 Å². The van der Waals surface area contributed by atoms with Gasteiger partial charge in [-0.1, -0.05) is 47.5 Å². The normalized spacial score (nSPS) is 24.4. The molecule has 3 aromatic carbocycles. The van der Waals surface area contributed by atoms with Gasteiger partial charge >= 0.3 is 0 Å². The van der Waals surface area contributed by atoms with Crippen LogP contribution in [0.1, 0.15) is 53.9 Å². The summed E-state index contributed by atoms with van der Waals surface area (Å²) in [7, 11) is 4.92. The number of aliphatic hydroxyl groups is 1. The lowest BCUT2D eigenvalue weighted by Gasteiger charge is -2.48. The molecule has 6 atom stereocenters. The molecule has 0 unspecified atom stereocenters. The smallest absolute Gasteiger partial charge is 0.242 e. The first-order chi connectivity index (χ1) is 30.4. The summed E-state index contributed by atoms with van der Waals surface area (Å²) in [4.78, 5) is 62.5. The first kappa shape index (κ1) is 40.8. The van der Waals surface area contributed by atoms with Crippen molar-refractivity contribution in [3.8, 4) is 22.1 Å². The van der Waals surface area contributed by atoms with Gasteiger partial charge in [-0.15, -0.1) is 11.3 Å². The summed E-state index contributed by atoms with van der Waals surface area (Å²) >= 11 is 7.90. The lowest BCUT2D eigenvalue weighted by Crippen LogP contribution is -2.48. The van der Waals surface area contributed by atoms with Gasteiger partial charge in [0.1, 0.15) is 41.1 Å². The van der Waals surface area contributed by atoms with Crippen LogP contribution >= 0.6 is 22.9 Å². The highest BCUT2D eigenvalue weighted by Crippen LogP contribution is 2.64. The van der Waals surface area contributed by atoms with Crippen molar-refractivity contribution in [2.45, 2.75) is 39.2 Å². The number of imide groups is 2. The van der Waals surface area contributed by atoms with E-state index < -0.39 is 46.8 Å². The number of nitrogens with zero attached hydrogens (tertiary/aromatic N) is 4. The fraction of sp³-hybridized carbons (Fsp3) is 0.286. The summed E-state index contributed by atoms with van der Waals surface area (Å²) < 4.78 is 19.7. The number of amides is 4. The number of methoxy groups -OCH3 is 2. The molecule has 2 aliphatic heterocycles. The van der Waals surface area contributed by atoms with Crippen molar-refractivity contribution in [3.63, 3.8) is 0 Å². The topological polar surface area (TPSA) is 144 Å². The Morgan fingerprint density at radius 2 is 1.71 bits per heavy atom. The summed E-state index contributed by atoms with van der Waals surface area (Å²) in [6.07, 6.45) is 6.26. The zero-order chi connectivity index (χ0) is 44.1. The molecule has 4 amide bonds. The number of ether oxygens (including phenoxy) is 2. The number of rotatable bonds is 9. The van der Waals surface area contributed by atoms with Crippen LogP contribution in [0.25, 0.3) is 32.8 Å². The molecule has 3 fully saturated rings. The van der Waals surface area contributed by atoms with Crippen LogP contribution in [-0.2, 0) is 32.8 Å². The maximum atomic E-state index is 15.1. The number of benzene rings is 3. The van der Waals surface area contributed by atoms with Gasteiger partial charge < -0.3 is 19.0 Å². The molecule has 320 valence electrons. The van der Waals surface area contributed by atoms with Gasteiger partial charge in [0.05, 0.1) is 53.9 Å². The summed E-state index contributed by atoms with van der Waals surface area (Å²) in [5.74, 6) is -2.59. The summed E-state index contributed by atoms with van der Waals surface area (Å²) in [6, 6.07) is 23.7. The summed E-state index contributed by atoms with van der Waals surface area (Å²) in [6.45, 7) is 3.45. The standard InChI is InChI=1S/C49H43ClN4O8S/c1-25-34-21-28(50)10-19-40(34)63-44(25)37-23-41(52(3)51-37)54-46(57)36-22-35-32(43(49(36,2)48(54)59)39-18-14-31(24-55)62-39)15-16-33-42(35)47(58)53(45(33)56)29-11-7-26(8-12-29)6-9-27-20-30(60-4)13-17-38(27)61-5/h6-15,17-21,23,33,35-36,42-43,55H,16,22,24H2,1-5H3/t33-,35+,36-,42-,43+,49+/m0/s1. The Balaban J connectivity index is 0.982. The molecule has 3 aromatic heterocycles. The number of furan rings is 1. The van der Waals surface area contributed by atoms with E-state index in [1.54, 1.807) is 74.5 Å². The van der Waals surface area contributed by atoms with Crippen LogP contribution in [0.5, 0.6) is 11.5 Å². The third kappa shape index (κ3) is 6.23. The fourth-order valence-corrected chi connectivity index (χ4v) is 11.8. The molecular formula is C49H43ClN4O8S. The molecular weight excluding hydrogens is 840 g/mol. The Morgan fingerprint density at radius 1 is 0.921 bits per heavy atom. The van der Waals surface area contributed by atoms with Crippen molar-refractivity contribution in [3.05, 3.63) is 124 Å². The Labute approximate surface area is 371 Å². The van der Waals surface area contributed by atoms with Crippen molar-refractivity contribution in [1.82, 2.24) is 9.78 Å². The van der Waals surface area contributed by atoms with E-state index in [9.17, 15) is 19.5 Å². The molecule has 4 aliphatic rings. The number of allylic oxidation sites excluding steroid dienone is 2. The van der Waals surface area contributed by atoms with Crippen molar-refractivity contribution in [2.24, 2.45) is 36.1 Å². The average Bonchev–Trinajstić information content (AvgIpc) is 4.09. The van der Waals surface area contributed by atoms with Crippen molar-refractivity contribution < 1.29 is 38.2 Å². The van der Waals surface area contributed by atoms with E-state index in [2.05, 4.69) is 0 Å². The number of anilines is 2. The minimum absolute atomic E-state index is 0.180. The van der Waals surface area contributed by atoms with E-state index in [1.807, 2.05) is 73.7 Å². The van der Waals surface area contributed by atoms with Gasteiger partial charge in [0.2, 0.25) is 23.6 Å². The third-order valence-electron chi connectivity index (χ3n) is 13.7. The quantitative estimate of drug-likeness (QED) is 0.0855. The van der Waals surface area contributed by atoms with Crippen LogP contribution in [0.3, 0.4) is 0 Å². The molecule has 1 N–H and O–H groups in total. The first-order valence-electron chi connectivity index (χ1n) is 20.7. The lowest BCUT2D eigenvalue weighted by atomic mass is 9.52. The highest BCUT2D eigenvalue weighted by molar-refractivity contribution is 7.22. The molecule has 1 saturated carbocycles. The van der Waals surface area contributed by atoms with Gasteiger partial charge in [-0.25, -0.2) is 4.90 Å². The number of aromatic nitrogens is 2. The molecule has 63 heavy (non-hydrogen) atoms. The van der Waals surface area contributed by atoms with Crippen molar-refractivity contribution in [1.29, 1.82) is 0 Å². The monoisotopic (exact) mass is 882 g/mol. The molecule has 14 heteroatoms. The Kier molecular flexibility index (Phi) is 9.85. The molecule has 0 radical (unpaired) electrons. The number of halogens is 1. The highest BCUT2D eigenvalue weighted by atomic mass is 35.5. The maximum absolute atomic E-state index is 15.1. The zero-order valence-electron chi connectivity index (χ0n) is 35.1.